The Balaban J connectivity index is 2.87. The topological polar surface area (TPSA) is 44.8 Å². The number of hydrogen-bond donors (Lipinski definition) is 0. The van der Waals surface area contributed by atoms with Crippen LogP contribution in [0.3, 0.4) is 0 Å². The first-order valence-electron chi connectivity index (χ1n) is 4.29. The molecule has 0 amide bonds. The third-order valence-corrected chi connectivity index (χ3v) is 1.80. The molecular formula is C11H12O4. The fraction of sp³-hybridized carbons (Fsp3) is 0.182. The minimum atomic E-state index is 0.358. The molecule has 15 heavy (non-hydrogen) atoms. The molecule has 0 fully saturated rings. The fourth-order valence-corrected chi connectivity index (χ4v) is 1.11. The van der Waals surface area contributed by atoms with Crippen LogP contribution in [-0.4, -0.2) is 20.7 Å². The SMILES string of the molecule is COc1ccc(/C=C/OC=O)cc1OC. The van der Waals surface area contributed by atoms with Crippen molar-refractivity contribution in [2.24, 2.45) is 0 Å². The molecular weight excluding hydrogens is 196 g/mol. The maximum absolute atomic E-state index is 9.90. The predicted octanol–water partition coefficient (Wildman–Crippen LogP) is 1.85. The minimum absolute atomic E-state index is 0.358. The fourth-order valence-electron chi connectivity index (χ4n) is 1.11. The minimum Gasteiger partial charge on any atom is -0.493 e. The van der Waals surface area contributed by atoms with E-state index in [2.05, 4.69) is 4.74 Å². The van der Waals surface area contributed by atoms with Gasteiger partial charge in [0.2, 0.25) is 0 Å². The zero-order valence-corrected chi connectivity index (χ0v) is 8.60. The first-order valence-corrected chi connectivity index (χ1v) is 4.29. The average Bonchev–Trinajstić information content (AvgIpc) is 2.29. The molecule has 4 heteroatoms. The molecule has 0 aliphatic rings. The van der Waals surface area contributed by atoms with Crippen LogP contribution in [-0.2, 0) is 9.53 Å². The standard InChI is InChI=1S/C11H12O4/c1-13-10-4-3-9(5-6-15-8-12)7-11(10)14-2/h3-8H,1-2H3/b6-5+. The lowest BCUT2D eigenvalue weighted by Crippen LogP contribution is -1.90. The van der Waals surface area contributed by atoms with E-state index in [1.165, 1.54) is 6.26 Å². The lowest BCUT2D eigenvalue weighted by Gasteiger charge is -2.07. The van der Waals surface area contributed by atoms with Crippen molar-refractivity contribution in [3.63, 3.8) is 0 Å². The second-order valence-corrected chi connectivity index (χ2v) is 2.65. The van der Waals surface area contributed by atoms with Crippen LogP contribution in [0.4, 0.5) is 0 Å². The van der Waals surface area contributed by atoms with Crippen molar-refractivity contribution >= 4 is 12.5 Å². The van der Waals surface area contributed by atoms with Crippen LogP contribution in [0, 0.1) is 0 Å². The number of carbonyl (C=O) groups is 1. The largest absolute Gasteiger partial charge is 0.493 e. The van der Waals surface area contributed by atoms with Gasteiger partial charge in [0.05, 0.1) is 20.5 Å². The molecule has 0 radical (unpaired) electrons. The Hall–Kier alpha value is -1.97. The summed E-state index contributed by atoms with van der Waals surface area (Å²) in [5.41, 5.74) is 0.856. The molecule has 0 heterocycles. The summed E-state index contributed by atoms with van der Waals surface area (Å²) in [7, 11) is 3.14. The number of benzene rings is 1. The van der Waals surface area contributed by atoms with Gasteiger partial charge in [-0.2, -0.15) is 0 Å². The Labute approximate surface area is 88.1 Å². The highest BCUT2D eigenvalue weighted by molar-refractivity contribution is 5.56. The molecule has 0 atom stereocenters. The van der Waals surface area contributed by atoms with Crippen molar-refractivity contribution in [1.29, 1.82) is 0 Å². The third kappa shape index (κ3) is 3.02. The molecule has 0 N–H and O–H groups in total. The van der Waals surface area contributed by atoms with Gasteiger partial charge in [-0.3, -0.25) is 4.79 Å². The van der Waals surface area contributed by atoms with Gasteiger partial charge in [0.1, 0.15) is 0 Å². The summed E-state index contributed by atoms with van der Waals surface area (Å²) in [4.78, 5) is 9.90. The van der Waals surface area contributed by atoms with Gasteiger partial charge in [0.15, 0.2) is 11.5 Å². The Kier molecular flexibility index (Phi) is 4.22. The molecule has 4 nitrogen and oxygen atoms in total. The van der Waals surface area contributed by atoms with E-state index in [1.54, 1.807) is 32.4 Å². The molecule has 0 aliphatic heterocycles. The monoisotopic (exact) mass is 208 g/mol. The maximum Gasteiger partial charge on any atom is 0.297 e. The van der Waals surface area contributed by atoms with Crippen molar-refractivity contribution in [1.82, 2.24) is 0 Å². The zero-order valence-electron chi connectivity index (χ0n) is 8.60. The van der Waals surface area contributed by atoms with Gasteiger partial charge in [0.25, 0.3) is 6.47 Å². The van der Waals surface area contributed by atoms with Gasteiger partial charge in [-0.1, -0.05) is 6.07 Å². The zero-order chi connectivity index (χ0) is 11.1. The predicted molar refractivity (Wildman–Crippen MR) is 55.7 cm³/mol. The molecule has 0 saturated carbocycles. The van der Waals surface area contributed by atoms with Crippen LogP contribution >= 0.6 is 0 Å². The number of hydrogen-bond acceptors (Lipinski definition) is 4. The van der Waals surface area contributed by atoms with Crippen LogP contribution in [0.1, 0.15) is 5.56 Å². The van der Waals surface area contributed by atoms with E-state index < -0.39 is 0 Å². The Bertz CT molecular complexity index is 358. The van der Waals surface area contributed by atoms with Crippen molar-refractivity contribution in [3.8, 4) is 11.5 Å². The molecule has 0 unspecified atom stereocenters. The number of ether oxygens (including phenoxy) is 3. The van der Waals surface area contributed by atoms with Gasteiger partial charge in [-0.25, -0.2) is 0 Å². The van der Waals surface area contributed by atoms with Crippen molar-refractivity contribution < 1.29 is 19.0 Å². The molecule has 1 rings (SSSR count). The van der Waals surface area contributed by atoms with Crippen LogP contribution in [0.15, 0.2) is 24.5 Å². The van der Waals surface area contributed by atoms with Crippen molar-refractivity contribution in [3.05, 3.63) is 30.0 Å². The Morgan fingerprint density at radius 3 is 2.47 bits per heavy atom. The summed E-state index contributed by atoms with van der Waals surface area (Å²) in [6.45, 7) is 0.358. The van der Waals surface area contributed by atoms with E-state index in [0.717, 1.165) is 5.56 Å². The second-order valence-electron chi connectivity index (χ2n) is 2.65. The third-order valence-electron chi connectivity index (χ3n) is 1.80. The summed E-state index contributed by atoms with van der Waals surface area (Å²) in [6, 6.07) is 5.38. The lowest BCUT2D eigenvalue weighted by atomic mass is 10.2. The summed E-state index contributed by atoms with van der Waals surface area (Å²) in [5.74, 6) is 1.29. The van der Waals surface area contributed by atoms with E-state index in [1.807, 2.05) is 6.07 Å². The highest BCUT2D eigenvalue weighted by Crippen LogP contribution is 2.27. The Morgan fingerprint density at radius 1 is 1.13 bits per heavy atom. The van der Waals surface area contributed by atoms with E-state index in [9.17, 15) is 4.79 Å². The molecule has 0 spiro atoms. The van der Waals surface area contributed by atoms with Gasteiger partial charge in [-0.15, -0.1) is 0 Å². The van der Waals surface area contributed by atoms with Crippen LogP contribution in [0.2, 0.25) is 0 Å². The van der Waals surface area contributed by atoms with Crippen molar-refractivity contribution in [2.45, 2.75) is 0 Å². The highest BCUT2D eigenvalue weighted by Gasteiger charge is 2.02. The van der Waals surface area contributed by atoms with Crippen LogP contribution in [0.5, 0.6) is 11.5 Å². The van der Waals surface area contributed by atoms with Crippen molar-refractivity contribution in [2.75, 3.05) is 14.2 Å². The lowest BCUT2D eigenvalue weighted by molar-refractivity contribution is -0.123. The molecule has 1 aromatic carbocycles. The number of rotatable bonds is 5. The van der Waals surface area contributed by atoms with E-state index >= 15 is 0 Å². The highest BCUT2D eigenvalue weighted by atomic mass is 16.5. The smallest absolute Gasteiger partial charge is 0.297 e. The summed E-state index contributed by atoms with van der Waals surface area (Å²) >= 11 is 0. The van der Waals surface area contributed by atoms with Gasteiger partial charge in [0, 0.05) is 0 Å². The molecule has 1 aromatic rings. The molecule has 0 aliphatic carbocycles. The van der Waals surface area contributed by atoms with E-state index in [-0.39, 0.29) is 0 Å². The maximum atomic E-state index is 9.90. The first kappa shape index (κ1) is 11.1. The molecule has 0 saturated heterocycles. The first-order chi connectivity index (χ1) is 7.31. The Morgan fingerprint density at radius 2 is 1.87 bits per heavy atom. The molecule has 80 valence electrons. The van der Waals surface area contributed by atoms with Crippen LogP contribution < -0.4 is 9.47 Å². The van der Waals surface area contributed by atoms with Gasteiger partial charge in [-0.05, 0) is 23.8 Å². The summed E-state index contributed by atoms with van der Waals surface area (Å²) in [6.07, 6.45) is 2.95. The van der Waals surface area contributed by atoms with Gasteiger partial charge >= 0.3 is 0 Å². The van der Waals surface area contributed by atoms with E-state index in [0.29, 0.717) is 18.0 Å². The van der Waals surface area contributed by atoms with Gasteiger partial charge < -0.3 is 14.2 Å². The molecule has 0 aromatic heterocycles. The van der Waals surface area contributed by atoms with Crippen LogP contribution in [0.25, 0.3) is 6.08 Å². The molecule has 0 bridgehead atoms. The quantitative estimate of drug-likeness (QED) is 0.547. The summed E-state index contributed by atoms with van der Waals surface area (Å²) in [5, 5.41) is 0. The number of carbonyl (C=O) groups excluding carboxylic acids is 1. The normalized spacial score (nSPS) is 10.0. The number of methoxy groups -OCH3 is 2. The van der Waals surface area contributed by atoms with E-state index in [4.69, 9.17) is 9.47 Å². The average molecular weight is 208 g/mol. The second kappa shape index (κ2) is 5.70. The summed E-state index contributed by atoms with van der Waals surface area (Å²) < 4.78 is 14.6.